The van der Waals surface area contributed by atoms with E-state index in [2.05, 4.69) is 10.6 Å². The van der Waals surface area contributed by atoms with Gasteiger partial charge in [0.25, 0.3) is 5.91 Å². The lowest BCUT2D eigenvalue weighted by Crippen LogP contribution is -2.57. The van der Waals surface area contributed by atoms with Gasteiger partial charge >= 0.3 is 5.97 Å². The second-order valence-electron chi connectivity index (χ2n) is 5.73. The molecule has 0 aromatic heterocycles. The molecule has 124 valence electrons. The predicted molar refractivity (Wildman–Crippen MR) is 84.7 cm³/mol. The Labute approximate surface area is 135 Å². The summed E-state index contributed by atoms with van der Waals surface area (Å²) in [7, 11) is 1.32. The number of hydrogen-bond donors (Lipinski definition) is 2. The maximum Gasteiger partial charge on any atom is 0.331 e. The van der Waals surface area contributed by atoms with Crippen LogP contribution in [0.3, 0.4) is 0 Å². The first-order valence-corrected chi connectivity index (χ1v) is 7.80. The van der Waals surface area contributed by atoms with Gasteiger partial charge in [0.1, 0.15) is 5.54 Å². The van der Waals surface area contributed by atoms with Crippen LogP contribution in [0.1, 0.15) is 42.5 Å². The summed E-state index contributed by atoms with van der Waals surface area (Å²) in [5.74, 6) is -1.13. The highest BCUT2D eigenvalue weighted by atomic mass is 16.5. The number of carbonyl (C=O) groups excluding carboxylic acids is 3. The molecular formula is C17H22N2O4. The number of hydrogen-bond acceptors (Lipinski definition) is 4. The molecule has 2 rings (SSSR count). The minimum atomic E-state index is -0.957. The molecule has 1 aliphatic rings. The van der Waals surface area contributed by atoms with Crippen LogP contribution >= 0.6 is 0 Å². The molecule has 0 unspecified atom stereocenters. The lowest BCUT2D eigenvalue weighted by Gasteiger charge is -2.35. The third kappa shape index (κ3) is 4.31. The molecule has 23 heavy (non-hydrogen) atoms. The molecule has 0 bridgehead atoms. The van der Waals surface area contributed by atoms with E-state index < -0.39 is 11.5 Å². The Kier molecular flexibility index (Phi) is 5.73. The van der Waals surface area contributed by atoms with E-state index in [4.69, 9.17) is 4.74 Å². The molecular weight excluding hydrogens is 296 g/mol. The molecule has 1 fully saturated rings. The average molecular weight is 318 g/mol. The number of rotatable bonds is 5. The van der Waals surface area contributed by atoms with E-state index in [0.717, 1.165) is 19.3 Å². The van der Waals surface area contributed by atoms with Crippen molar-refractivity contribution < 1.29 is 19.1 Å². The van der Waals surface area contributed by atoms with Crippen LogP contribution in [-0.4, -0.2) is 37.0 Å². The van der Waals surface area contributed by atoms with Gasteiger partial charge in [-0.25, -0.2) is 4.79 Å². The van der Waals surface area contributed by atoms with E-state index in [1.165, 1.54) is 7.11 Å². The van der Waals surface area contributed by atoms with Gasteiger partial charge in [0.15, 0.2) is 0 Å². The van der Waals surface area contributed by atoms with Crippen LogP contribution in [0.15, 0.2) is 30.3 Å². The molecule has 6 heteroatoms. The van der Waals surface area contributed by atoms with Crippen molar-refractivity contribution in [3.8, 4) is 0 Å². The lowest BCUT2D eigenvalue weighted by atomic mass is 9.81. The second kappa shape index (κ2) is 7.76. The lowest BCUT2D eigenvalue weighted by molar-refractivity contribution is -0.152. The van der Waals surface area contributed by atoms with Gasteiger partial charge in [-0.05, 0) is 25.0 Å². The molecule has 0 radical (unpaired) electrons. The first-order chi connectivity index (χ1) is 11.1. The van der Waals surface area contributed by atoms with Gasteiger partial charge in [-0.1, -0.05) is 37.5 Å². The van der Waals surface area contributed by atoms with Gasteiger partial charge in [0.05, 0.1) is 13.7 Å². The second-order valence-corrected chi connectivity index (χ2v) is 5.73. The zero-order valence-corrected chi connectivity index (χ0v) is 13.3. The van der Waals surface area contributed by atoms with E-state index in [-0.39, 0.29) is 18.4 Å². The van der Waals surface area contributed by atoms with Gasteiger partial charge in [-0.15, -0.1) is 0 Å². The SMILES string of the molecule is COC(=O)C1(NC(=O)CNC(=O)c2ccccc2)CCCCC1. The number of benzene rings is 1. The third-order valence-corrected chi connectivity index (χ3v) is 4.11. The van der Waals surface area contributed by atoms with E-state index in [1.54, 1.807) is 24.3 Å². The molecule has 0 aliphatic heterocycles. The van der Waals surface area contributed by atoms with Crippen LogP contribution in [0.5, 0.6) is 0 Å². The van der Waals surface area contributed by atoms with Gasteiger partial charge < -0.3 is 15.4 Å². The number of methoxy groups -OCH3 is 1. The summed E-state index contributed by atoms with van der Waals surface area (Å²) in [6.45, 7) is -0.174. The van der Waals surface area contributed by atoms with Crippen molar-refractivity contribution >= 4 is 17.8 Å². The molecule has 6 nitrogen and oxygen atoms in total. The van der Waals surface area contributed by atoms with Gasteiger partial charge in [0.2, 0.25) is 5.91 Å². The van der Waals surface area contributed by atoms with Crippen LogP contribution in [0.25, 0.3) is 0 Å². The van der Waals surface area contributed by atoms with Crippen molar-refractivity contribution in [1.82, 2.24) is 10.6 Å². The summed E-state index contributed by atoms with van der Waals surface area (Å²) in [6, 6.07) is 8.66. The van der Waals surface area contributed by atoms with E-state index in [1.807, 2.05) is 6.07 Å². The Hall–Kier alpha value is -2.37. The maximum atomic E-state index is 12.1. The Bertz CT molecular complexity index is 565. The van der Waals surface area contributed by atoms with Crippen molar-refractivity contribution in [2.45, 2.75) is 37.6 Å². The molecule has 1 saturated carbocycles. The number of ether oxygens (including phenoxy) is 1. The fourth-order valence-corrected chi connectivity index (χ4v) is 2.89. The zero-order chi connectivity index (χ0) is 16.7. The molecule has 2 N–H and O–H groups in total. The van der Waals surface area contributed by atoms with Crippen molar-refractivity contribution in [2.24, 2.45) is 0 Å². The first-order valence-electron chi connectivity index (χ1n) is 7.80. The monoisotopic (exact) mass is 318 g/mol. The summed E-state index contributed by atoms with van der Waals surface area (Å²) in [4.78, 5) is 36.1. The summed E-state index contributed by atoms with van der Waals surface area (Å²) < 4.78 is 4.85. The Morgan fingerprint density at radius 3 is 2.35 bits per heavy atom. The summed E-state index contributed by atoms with van der Waals surface area (Å²) in [6.07, 6.45) is 3.91. The fourth-order valence-electron chi connectivity index (χ4n) is 2.89. The molecule has 0 spiro atoms. The molecule has 1 aromatic rings. The molecule has 1 aromatic carbocycles. The number of nitrogens with one attached hydrogen (secondary N) is 2. The van der Waals surface area contributed by atoms with Crippen molar-refractivity contribution in [2.75, 3.05) is 13.7 Å². The highest BCUT2D eigenvalue weighted by Gasteiger charge is 2.41. The van der Waals surface area contributed by atoms with Crippen LogP contribution in [0, 0.1) is 0 Å². The largest absolute Gasteiger partial charge is 0.467 e. The minimum Gasteiger partial charge on any atom is -0.467 e. The zero-order valence-electron chi connectivity index (χ0n) is 13.3. The number of amides is 2. The highest BCUT2D eigenvalue weighted by molar-refractivity contribution is 5.97. The number of esters is 1. The minimum absolute atomic E-state index is 0.174. The summed E-state index contributed by atoms with van der Waals surface area (Å²) in [5.41, 5.74) is -0.470. The van der Waals surface area contributed by atoms with E-state index in [0.29, 0.717) is 18.4 Å². The Balaban J connectivity index is 1.92. The quantitative estimate of drug-likeness (QED) is 0.804. The third-order valence-electron chi connectivity index (χ3n) is 4.11. The van der Waals surface area contributed by atoms with Gasteiger partial charge in [-0.2, -0.15) is 0 Å². The van der Waals surface area contributed by atoms with Crippen LogP contribution in [-0.2, 0) is 14.3 Å². The van der Waals surface area contributed by atoms with Crippen LogP contribution < -0.4 is 10.6 Å². The van der Waals surface area contributed by atoms with E-state index in [9.17, 15) is 14.4 Å². The Morgan fingerprint density at radius 2 is 1.74 bits per heavy atom. The van der Waals surface area contributed by atoms with Crippen LogP contribution in [0.2, 0.25) is 0 Å². The standard InChI is InChI=1S/C17H22N2O4/c1-23-16(22)17(10-6-3-7-11-17)19-14(20)12-18-15(21)13-8-4-2-5-9-13/h2,4-5,8-9H,3,6-7,10-12H2,1H3,(H,18,21)(H,19,20). The first kappa shape index (κ1) is 17.0. The fraction of sp³-hybridized carbons (Fsp3) is 0.471. The van der Waals surface area contributed by atoms with Crippen molar-refractivity contribution in [3.05, 3.63) is 35.9 Å². The topological polar surface area (TPSA) is 84.5 Å². The summed E-state index contributed by atoms with van der Waals surface area (Å²) >= 11 is 0. The smallest absolute Gasteiger partial charge is 0.331 e. The number of carbonyl (C=O) groups is 3. The normalized spacial score (nSPS) is 16.2. The van der Waals surface area contributed by atoms with Gasteiger partial charge in [-0.3, -0.25) is 9.59 Å². The molecule has 2 amide bonds. The van der Waals surface area contributed by atoms with Crippen LogP contribution in [0.4, 0.5) is 0 Å². The molecule has 0 saturated heterocycles. The Morgan fingerprint density at radius 1 is 1.09 bits per heavy atom. The van der Waals surface area contributed by atoms with Crippen molar-refractivity contribution in [1.29, 1.82) is 0 Å². The highest BCUT2D eigenvalue weighted by Crippen LogP contribution is 2.29. The van der Waals surface area contributed by atoms with E-state index >= 15 is 0 Å². The summed E-state index contributed by atoms with van der Waals surface area (Å²) in [5, 5.41) is 5.32. The molecule has 0 atom stereocenters. The predicted octanol–water partition coefficient (Wildman–Crippen LogP) is 1.41. The van der Waals surface area contributed by atoms with Gasteiger partial charge in [0, 0.05) is 5.56 Å². The molecule has 1 aliphatic carbocycles. The molecule has 0 heterocycles. The average Bonchev–Trinajstić information content (AvgIpc) is 2.60. The van der Waals surface area contributed by atoms with Crippen molar-refractivity contribution in [3.63, 3.8) is 0 Å². The maximum absolute atomic E-state index is 12.1.